The molecule has 0 aromatic carbocycles. The standard InChI is InChI=1S/C10H17/c1-5-10(4)8-6-7-9(2)3/h5-7,9H,2,8H2,1,3-4H3. The molecule has 0 saturated carbocycles. The fourth-order valence-corrected chi connectivity index (χ4v) is 0.604. The van der Waals surface area contributed by atoms with Gasteiger partial charge < -0.3 is 0 Å². The lowest BCUT2D eigenvalue weighted by atomic mass is 10.1. The zero-order chi connectivity index (χ0) is 7.98. The van der Waals surface area contributed by atoms with Gasteiger partial charge in [0.2, 0.25) is 0 Å². The van der Waals surface area contributed by atoms with Crippen LogP contribution in [-0.2, 0) is 0 Å². The van der Waals surface area contributed by atoms with Crippen LogP contribution in [0.25, 0.3) is 0 Å². The summed E-state index contributed by atoms with van der Waals surface area (Å²) < 4.78 is 0. The van der Waals surface area contributed by atoms with E-state index in [4.69, 9.17) is 0 Å². The molecule has 0 nitrogen and oxygen atoms in total. The molecule has 0 aromatic rings. The van der Waals surface area contributed by atoms with E-state index in [9.17, 15) is 0 Å². The molecule has 0 heteroatoms. The molecule has 0 spiro atoms. The Kier molecular flexibility index (Phi) is 5.00. The lowest BCUT2D eigenvalue weighted by molar-refractivity contribution is 0.927. The third-order valence-electron chi connectivity index (χ3n) is 1.40. The van der Waals surface area contributed by atoms with Gasteiger partial charge in [-0.15, -0.1) is 0 Å². The van der Waals surface area contributed by atoms with E-state index in [0.29, 0.717) is 5.92 Å². The van der Waals surface area contributed by atoms with Crippen molar-refractivity contribution in [1.82, 2.24) is 0 Å². The van der Waals surface area contributed by atoms with Gasteiger partial charge in [-0.2, -0.15) is 0 Å². The Morgan fingerprint density at radius 3 is 2.60 bits per heavy atom. The molecule has 0 fully saturated rings. The van der Waals surface area contributed by atoms with Crippen molar-refractivity contribution in [3.05, 3.63) is 30.7 Å². The van der Waals surface area contributed by atoms with E-state index in [-0.39, 0.29) is 0 Å². The van der Waals surface area contributed by atoms with Gasteiger partial charge in [0.1, 0.15) is 0 Å². The third kappa shape index (κ3) is 5.61. The first kappa shape index (κ1) is 9.48. The molecule has 1 atom stereocenters. The molecular formula is C10H17. The molecule has 0 saturated heterocycles. The summed E-state index contributed by atoms with van der Waals surface area (Å²) in [5.74, 6) is 0.435. The van der Waals surface area contributed by atoms with Crippen LogP contribution in [0.1, 0.15) is 27.2 Å². The maximum absolute atomic E-state index is 3.85. The molecule has 1 unspecified atom stereocenters. The first-order valence-corrected chi connectivity index (χ1v) is 3.78. The zero-order valence-electron chi connectivity index (χ0n) is 7.22. The van der Waals surface area contributed by atoms with E-state index in [2.05, 4.69) is 45.9 Å². The minimum absolute atomic E-state index is 0.435. The lowest BCUT2D eigenvalue weighted by Crippen LogP contribution is -1.78. The average Bonchev–Trinajstić information content (AvgIpc) is 1.87. The molecule has 0 aromatic heterocycles. The van der Waals surface area contributed by atoms with E-state index >= 15 is 0 Å². The summed E-state index contributed by atoms with van der Waals surface area (Å²) in [6, 6.07) is 0. The summed E-state index contributed by atoms with van der Waals surface area (Å²) in [6.07, 6.45) is 7.51. The van der Waals surface area contributed by atoms with Crippen LogP contribution >= 0.6 is 0 Å². The molecule has 57 valence electrons. The summed E-state index contributed by atoms with van der Waals surface area (Å²) in [7, 11) is 0. The van der Waals surface area contributed by atoms with Crippen molar-refractivity contribution in [3.63, 3.8) is 0 Å². The predicted molar refractivity (Wildman–Crippen MR) is 47.7 cm³/mol. The first-order valence-electron chi connectivity index (χ1n) is 3.78. The van der Waals surface area contributed by atoms with Crippen LogP contribution in [0.5, 0.6) is 0 Å². The largest absolute Gasteiger partial charge is 0.0884 e. The highest BCUT2D eigenvalue weighted by molar-refractivity contribution is 5.03. The Balaban J connectivity index is 3.54. The molecule has 1 radical (unpaired) electrons. The van der Waals surface area contributed by atoms with Gasteiger partial charge in [0.05, 0.1) is 0 Å². The molecule has 0 aliphatic heterocycles. The molecule has 0 N–H and O–H groups in total. The second kappa shape index (κ2) is 5.28. The normalized spacial score (nSPS) is 13.5. The Hall–Kier alpha value is -0.520. The molecule has 0 bridgehead atoms. The fourth-order valence-electron chi connectivity index (χ4n) is 0.604. The predicted octanol–water partition coefficient (Wildman–Crippen LogP) is 3.37. The van der Waals surface area contributed by atoms with E-state index in [0.717, 1.165) is 6.42 Å². The quantitative estimate of drug-likeness (QED) is 0.523. The van der Waals surface area contributed by atoms with Gasteiger partial charge in [0, 0.05) is 0 Å². The van der Waals surface area contributed by atoms with Crippen molar-refractivity contribution in [1.29, 1.82) is 0 Å². The Bertz CT molecular complexity index is 127. The van der Waals surface area contributed by atoms with Crippen LogP contribution in [0.4, 0.5) is 0 Å². The van der Waals surface area contributed by atoms with Crippen LogP contribution in [0, 0.1) is 12.8 Å². The van der Waals surface area contributed by atoms with E-state index < -0.39 is 0 Å². The van der Waals surface area contributed by atoms with Gasteiger partial charge in [-0.3, -0.25) is 0 Å². The Labute approximate surface area is 64.6 Å². The van der Waals surface area contributed by atoms with Crippen molar-refractivity contribution >= 4 is 0 Å². The highest BCUT2D eigenvalue weighted by Crippen LogP contribution is 2.02. The SMILES string of the molecule is [CH2]C(C)C=CCC(C)=CC. The number of hydrogen-bond donors (Lipinski definition) is 0. The van der Waals surface area contributed by atoms with Crippen LogP contribution in [0.2, 0.25) is 0 Å². The highest BCUT2D eigenvalue weighted by Gasteiger charge is 1.84. The maximum atomic E-state index is 3.85. The Morgan fingerprint density at radius 1 is 1.60 bits per heavy atom. The van der Waals surface area contributed by atoms with Crippen LogP contribution < -0.4 is 0 Å². The molecular weight excluding hydrogens is 120 g/mol. The van der Waals surface area contributed by atoms with Crippen molar-refractivity contribution in [3.8, 4) is 0 Å². The minimum atomic E-state index is 0.435. The van der Waals surface area contributed by atoms with E-state index in [1.165, 1.54) is 5.57 Å². The van der Waals surface area contributed by atoms with Gasteiger partial charge in [0.25, 0.3) is 0 Å². The second-order valence-electron chi connectivity index (χ2n) is 2.74. The molecule has 0 amide bonds. The zero-order valence-corrected chi connectivity index (χ0v) is 7.22. The monoisotopic (exact) mass is 137 g/mol. The summed E-state index contributed by atoms with van der Waals surface area (Å²) in [5.41, 5.74) is 1.41. The van der Waals surface area contributed by atoms with Gasteiger partial charge in [0.15, 0.2) is 0 Å². The van der Waals surface area contributed by atoms with Gasteiger partial charge >= 0.3 is 0 Å². The van der Waals surface area contributed by atoms with Gasteiger partial charge in [-0.1, -0.05) is 30.7 Å². The smallest absolute Gasteiger partial charge is 0.0142 e. The molecule has 0 aliphatic carbocycles. The van der Waals surface area contributed by atoms with E-state index in [1.807, 2.05) is 0 Å². The molecule has 10 heavy (non-hydrogen) atoms. The lowest BCUT2D eigenvalue weighted by Gasteiger charge is -1.94. The number of hydrogen-bond acceptors (Lipinski definition) is 0. The van der Waals surface area contributed by atoms with Crippen molar-refractivity contribution in [2.75, 3.05) is 0 Å². The maximum Gasteiger partial charge on any atom is -0.0142 e. The summed E-state index contributed by atoms with van der Waals surface area (Å²) in [5, 5.41) is 0. The summed E-state index contributed by atoms with van der Waals surface area (Å²) in [6.45, 7) is 10.1. The third-order valence-corrected chi connectivity index (χ3v) is 1.40. The molecule has 0 heterocycles. The topological polar surface area (TPSA) is 0 Å². The number of rotatable bonds is 3. The average molecular weight is 137 g/mol. The molecule has 0 aliphatic rings. The highest BCUT2D eigenvalue weighted by atomic mass is 13.9. The first-order chi connectivity index (χ1) is 4.66. The van der Waals surface area contributed by atoms with E-state index in [1.54, 1.807) is 0 Å². The van der Waals surface area contributed by atoms with Crippen LogP contribution in [0.15, 0.2) is 23.8 Å². The van der Waals surface area contributed by atoms with Gasteiger partial charge in [-0.05, 0) is 33.1 Å². The van der Waals surface area contributed by atoms with Crippen molar-refractivity contribution < 1.29 is 0 Å². The van der Waals surface area contributed by atoms with Crippen molar-refractivity contribution in [2.45, 2.75) is 27.2 Å². The summed E-state index contributed by atoms with van der Waals surface area (Å²) >= 11 is 0. The van der Waals surface area contributed by atoms with Gasteiger partial charge in [-0.25, -0.2) is 0 Å². The second-order valence-corrected chi connectivity index (χ2v) is 2.74. The molecule has 0 rings (SSSR count). The fraction of sp³-hybridized carbons (Fsp3) is 0.500. The number of allylic oxidation sites excluding steroid dienone is 4. The minimum Gasteiger partial charge on any atom is -0.0884 e. The van der Waals surface area contributed by atoms with Crippen molar-refractivity contribution in [2.24, 2.45) is 5.92 Å². The van der Waals surface area contributed by atoms with Crippen LogP contribution in [-0.4, -0.2) is 0 Å². The summed E-state index contributed by atoms with van der Waals surface area (Å²) in [4.78, 5) is 0. The van der Waals surface area contributed by atoms with Crippen LogP contribution in [0.3, 0.4) is 0 Å². The Morgan fingerprint density at radius 2 is 2.20 bits per heavy atom.